The summed E-state index contributed by atoms with van der Waals surface area (Å²) in [4.78, 5) is 2.12. The monoisotopic (exact) mass is 378 g/mol. The summed E-state index contributed by atoms with van der Waals surface area (Å²) >= 11 is 18.9. The van der Waals surface area contributed by atoms with Crippen LogP contribution in [0.5, 0.6) is 0 Å². The van der Waals surface area contributed by atoms with E-state index in [0.717, 1.165) is 9.79 Å². The van der Waals surface area contributed by atoms with E-state index in [9.17, 15) is 4.57 Å². The van der Waals surface area contributed by atoms with Crippen molar-refractivity contribution in [2.24, 2.45) is 0 Å². The van der Waals surface area contributed by atoms with Gasteiger partial charge in [0.05, 0.1) is 11.4 Å². The lowest BCUT2D eigenvalue weighted by Gasteiger charge is -2.20. The molecule has 0 spiro atoms. The van der Waals surface area contributed by atoms with Crippen molar-refractivity contribution >= 4 is 65.4 Å². The molecule has 0 saturated heterocycles. The maximum absolute atomic E-state index is 12.5. The van der Waals surface area contributed by atoms with Crippen molar-refractivity contribution < 1.29 is 4.57 Å². The van der Waals surface area contributed by atoms with Crippen LogP contribution in [0.25, 0.3) is 0 Å². The molecule has 0 aromatic heterocycles. The molecule has 0 aliphatic carbocycles. The Morgan fingerprint density at radius 2 is 1.57 bits per heavy atom. The van der Waals surface area contributed by atoms with Crippen LogP contribution in [0.15, 0.2) is 58.3 Å². The number of anilines is 2. The van der Waals surface area contributed by atoms with E-state index in [0.29, 0.717) is 11.4 Å². The Labute approximate surface area is 141 Å². The molecule has 1 heterocycles. The molecular formula is C13H10Cl3N2OPS. The smallest absolute Gasteiger partial charge is 0.308 e. The van der Waals surface area contributed by atoms with Gasteiger partial charge in [0.15, 0.2) is 0 Å². The third-order valence-electron chi connectivity index (χ3n) is 2.88. The van der Waals surface area contributed by atoms with Gasteiger partial charge in [-0.25, -0.2) is 0 Å². The summed E-state index contributed by atoms with van der Waals surface area (Å²) in [5, 5.41) is 5.59. The summed E-state index contributed by atoms with van der Waals surface area (Å²) in [7, 11) is -3.35. The van der Waals surface area contributed by atoms with Crippen molar-refractivity contribution in [3.8, 4) is 0 Å². The Morgan fingerprint density at radius 1 is 0.905 bits per heavy atom. The maximum atomic E-state index is 12.5. The van der Waals surface area contributed by atoms with E-state index in [4.69, 9.17) is 34.8 Å². The van der Waals surface area contributed by atoms with Crippen molar-refractivity contribution in [1.29, 1.82) is 0 Å². The van der Waals surface area contributed by atoms with E-state index in [1.807, 2.05) is 48.5 Å². The predicted octanol–water partition coefficient (Wildman–Crippen LogP) is 6.20. The second-order valence-electron chi connectivity index (χ2n) is 4.42. The molecule has 110 valence electrons. The Hall–Kier alpha value is -0.510. The normalized spacial score (nSPS) is 20.5. The van der Waals surface area contributed by atoms with Crippen LogP contribution in [0.2, 0.25) is 0 Å². The van der Waals surface area contributed by atoms with Crippen molar-refractivity contribution in [2.45, 2.75) is 13.3 Å². The summed E-state index contributed by atoms with van der Waals surface area (Å²) in [6, 6.07) is 15.6. The number of nitrogens with one attached hydrogen (secondary N) is 2. The zero-order valence-corrected chi connectivity index (χ0v) is 14.5. The summed E-state index contributed by atoms with van der Waals surface area (Å²) in [5.41, 5.74) is 1.34. The topological polar surface area (TPSA) is 41.1 Å². The second-order valence-corrected chi connectivity index (χ2v) is 11.0. The van der Waals surface area contributed by atoms with Crippen LogP contribution in [0.3, 0.4) is 0 Å². The van der Waals surface area contributed by atoms with Crippen LogP contribution in [0, 0.1) is 0 Å². The van der Waals surface area contributed by atoms with Gasteiger partial charge in [-0.2, -0.15) is 0 Å². The van der Waals surface area contributed by atoms with E-state index >= 15 is 0 Å². The largest absolute Gasteiger partial charge is 0.315 e. The van der Waals surface area contributed by atoms with E-state index in [1.54, 1.807) is 11.8 Å². The molecule has 3 rings (SSSR count). The Balaban J connectivity index is 1.86. The Kier molecular flexibility index (Phi) is 4.10. The van der Waals surface area contributed by atoms with Crippen LogP contribution in [0.1, 0.15) is 0 Å². The van der Waals surface area contributed by atoms with Crippen LogP contribution < -0.4 is 10.2 Å². The van der Waals surface area contributed by atoms with Crippen LogP contribution in [-0.4, -0.2) is 3.53 Å². The average molecular weight is 380 g/mol. The molecule has 1 aliphatic heterocycles. The minimum Gasteiger partial charge on any atom is -0.315 e. The van der Waals surface area contributed by atoms with Crippen LogP contribution in [0.4, 0.5) is 11.4 Å². The number of benzene rings is 2. The molecule has 1 atom stereocenters. The highest BCUT2D eigenvalue weighted by molar-refractivity contribution is 7.99. The summed E-state index contributed by atoms with van der Waals surface area (Å²) in [5.74, 6) is 0. The van der Waals surface area contributed by atoms with Gasteiger partial charge in [-0.1, -0.05) is 64.8 Å². The fourth-order valence-corrected chi connectivity index (χ4v) is 4.90. The molecule has 0 bridgehead atoms. The average Bonchev–Trinajstić information content (AvgIpc) is 2.76. The maximum Gasteiger partial charge on any atom is 0.308 e. The molecule has 8 heteroatoms. The van der Waals surface area contributed by atoms with E-state index in [1.165, 1.54) is 0 Å². The molecule has 0 radical (unpaired) electrons. The third kappa shape index (κ3) is 3.15. The fraction of sp³-hybridized carbons (Fsp3) is 0.0769. The molecular weight excluding hydrogens is 370 g/mol. The first-order chi connectivity index (χ1) is 9.87. The second kappa shape index (κ2) is 5.60. The molecule has 0 saturated carbocycles. The number of halogens is 3. The molecule has 2 aromatic carbocycles. The molecule has 3 nitrogen and oxygen atoms in total. The fourth-order valence-electron chi connectivity index (χ4n) is 1.90. The first-order valence-corrected chi connectivity index (χ1v) is 9.63. The zero-order chi connectivity index (χ0) is 15.1. The van der Waals surface area contributed by atoms with Crippen LogP contribution >= 0.6 is 54.0 Å². The van der Waals surface area contributed by atoms with Gasteiger partial charge in [-0.15, -0.1) is 0 Å². The number of rotatable bonds is 2. The number of fused-ring (bicyclic) bond motifs is 1. The highest BCUT2D eigenvalue weighted by Crippen LogP contribution is 2.68. The van der Waals surface area contributed by atoms with Gasteiger partial charge in [-0.05, 0) is 30.3 Å². The highest BCUT2D eigenvalue weighted by Gasteiger charge is 2.48. The van der Waals surface area contributed by atoms with Gasteiger partial charge in [0.25, 0.3) is 3.53 Å². The lowest BCUT2D eigenvalue weighted by atomic mass is 10.3. The van der Waals surface area contributed by atoms with E-state index < -0.39 is 11.0 Å². The molecule has 1 aliphatic rings. The molecule has 0 fully saturated rings. The molecule has 21 heavy (non-hydrogen) atoms. The predicted molar refractivity (Wildman–Crippen MR) is 92.1 cm³/mol. The third-order valence-corrected chi connectivity index (χ3v) is 7.85. The van der Waals surface area contributed by atoms with Gasteiger partial charge in [0, 0.05) is 9.79 Å². The zero-order valence-electron chi connectivity index (χ0n) is 10.5. The van der Waals surface area contributed by atoms with Gasteiger partial charge in [0.2, 0.25) is 0 Å². The molecule has 0 amide bonds. The first kappa shape index (κ1) is 15.4. The van der Waals surface area contributed by atoms with E-state index in [2.05, 4.69) is 10.2 Å². The standard InChI is InChI=1S/C13H10Cl3N2OPS/c14-13(15,16)20(19)17-11-7-6-10(8-12(11)18-20)21-9-4-2-1-3-5-9/h1-8H,(H2,17,18,19). The number of hydrogen-bond acceptors (Lipinski definition) is 2. The molecule has 1 unspecified atom stereocenters. The highest BCUT2D eigenvalue weighted by atomic mass is 35.6. The minimum atomic E-state index is -3.35. The summed E-state index contributed by atoms with van der Waals surface area (Å²) in [6.45, 7) is 0. The Morgan fingerprint density at radius 3 is 2.24 bits per heavy atom. The molecule has 2 N–H and O–H groups in total. The quantitative estimate of drug-likeness (QED) is 0.482. The van der Waals surface area contributed by atoms with Gasteiger partial charge in [0.1, 0.15) is 0 Å². The number of alkyl halides is 3. The minimum absolute atomic E-state index is 0.669. The van der Waals surface area contributed by atoms with Gasteiger partial charge in [-0.3, -0.25) is 4.57 Å². The SMILES string of the molecule is O=P1(C(Cl)(Cl)Cl)Nc2ccc(Sc3ccccc3)cc2N1. The lowest BCUT2D eigenvalue weighted by Crippen LogP contribution is -2.12. The number of hydrogen-bond donors (Lipinski definition) is 2. The van der Waals surface area contributed by atoms with E-state index in [-0.39, 0.29) is 0 Å². The lowest BCUT2D eigenvalue weighted by molar-refractivity contribution is 0.582. The summed E-state index contributed by atoms with van der Waals surface area (Å²) in [6.07, 6.45) is 0. The first-order valence-electron chi connectivity index (χ1n) is 5.98. The Bertz CT molecular complexity index is 721. The van der Waals surface area contributed by atoms with Crippen LogP contribution in [-0.2, 0) is 4.57 Å². The summed E-state index contributed by atoms with van der Waals surface area (Å²) < 4.78 is 10.6. The van der Waals surface area contributed by atoms with Crippen molar-refractivity contribution in [3.63, 3.8) is 0 Å². The van der Waals surface area contributed by atoms with Crippen molar-refractivity contribution in [3.05, 3.63) is 48.5 Å². The van der Waals surface area contributed by atoms with Gasteiger partial charge < -0.3 is 10.2 Å². The van der Waals surface area contributed by atoms with Gasteiger partial charge >= 0.3 is 7.44 Å². The molecule has 2 aromatic rings. The van der Waals surface area contributed by atoms with Crippen molar-refractivity contribution in [2.75, 3.05) is 10.2 Å². The van der Waals surface area contributed by atoms with Crippen molar-refractivity contribution in [1.82, 2.24) is 0 Å².